The number of hydrogen-bond donors (Lipinski definition) is 0. The third-order valence-electron chi connectivity index (χ3n) is 3.83. The van der Waals surface area contributed by atoms with Gasteiger partial charge in [-0.15, -0.1) is 16.4 Å². The molecule has 0 saturated carbocycles. The van der Waals surface area contributed by atoms with Crippen molar-refractivity contribution < 1.29 is 0 Å². The fourth-order valence-electron chi connectivity index (χ4n) is 2.72. The van der Waals surface area contributed by atoms with E-state index in [0.717, 1.165) is 33.8 Å². The molecule has 0 saturated heterocycles. The molecule has 3 aromatic rings. The molecule has 4 rings (SSSR count). The zero-order valence-electron chi connectivity index (χ0n) is 11.8. The lowest BCUT2D eigenvalue weighted by Crippen LogP contribution is -2.08. The van der Waals surface area contributed by atoms with Gasteiger partial charge in [0.15, 0.2) is 0 Å². The maximum Gasteiger partial charge on any atom is 0.215 e. The molecule has 1 atom stereocenters. The molecule has 108 valence electrons. The summed E-state index contributed by atoms with van der Waals surface area (Å²) in [5.41, 5.74) is 1.44. The van der Waals surface area contributed by atoms with E-state index in [2.05, 4.69) is 32.4 Å². The highest BCUT2D eigenvalue weighted by Crippen LogP contribution is 2.41. The van der Waals surface area contributed by atoms with E-state index in [1.165, 1.54) is 34.0 Å². The molecule has 8 heteroatoms. The first kappa shape index (κ1) is 13.1. The summed E-state index contributed by atoms with van der Waals surface area (Å²) in [5, 5.41) is 14.5. The van der Waals surface area contributed by atoms with E-state index in [1.54, 1.807) is 11.0 Å². The van der Waals surface area contributed by atoms with Gasteiger partial charge in [0.05, 0.1) is 0 Å². The van der Waals surface area contributed by atoms with Gasteiger partial charge in [-0.3, -0.25) is 0 Å². The zero-order chi connectivity index (χ0) is 14.4. The van der Waals surface area contributed by atoms with Crippen molar-refractivity contribution in [3.63, 3.8) is 0 Å². The Morgan fingerprint density at radius 3 is 3.10 bits per heavy atom. The van der Waals surface area contributed by atoms with Crippen molar-refractivity contribution in [1.82, 2.24) is 30.2 Å². The van der Waals surface area contributed by atoms with E-state index < -0.39 is 0 Å². The van der Waals surface area contributed by atoms with Crippen LogP contribution in [0.15, 0.2) is 16.5 Å². The van der Waals surface area contributed by atoms with E-state index in [9.17, 15) is 0 Å². The molecule has 1 aliphatic rings. The lowest BCUT2D eigenvalue weighted by atomic mass is 9.89. The minimum Gasteiger partial charge on any atom is -0.229 e. The number of hydrogen-bond acceptors (Lipinski definition) is 7. The van der Waals surface area contributed by atoms with Crippen molar-refractivity contribution >= 4 is 33.3 Å². The van der Waals surface area contributed by atoms with Gasteiger partial charge in [0.1, 0.15) is 16.2 Å². The van der Waals surface area contributed by atoms with Crippen LogP contribution in [0.2, 0.25) is 0 Å². The Morgan fingerprint density at radius 2 is 2.29 bits per heavy atom. The predicted octanol–water partition coefficient (Wildman–Crippen LogP) is 2.49. The minimum atomic E-state index is 0.749. The lowest BCUT2D eigenvalue weighted by molar-refractivity contribution is 0.509. The summed E-state index contributed by atoms with van der Waals surface area (Å²) >= 11 is 3.32. The molecule has 0 unspecified atom stereocenters. The molecular formula is C13H14N6S2. The number of thiophene rings is 1. The van der Waals surface area contributed by atoms with Crippen LogP contribution >= 0.6 is 23.1 Å². The van der Waals surface area contributed by atoms with Crippen molar-refractivity contribution in [3.05, 3.63) is 16.8 Å². The highest BCUT2D eigenvalue weighted by molar-refractivity contribution is 7.99. The summed E-state index contributed by atoms with van der Waals surface area (Å²) in [7, 11) is 1.84. The monoisotopic (exact) mass is 318 g/mol. The van der Waals surface area contributed by atoms with Gasteiger partial charge < -0.3 is 0 Å². The molecule has 1 aliphatic carbocycles. The van der Waals surface area contributed by atoms with E-state index >= 15 is 0 Å². The van der Waals surface area contributed by atoms with Gasteiger partial charge in [-0.2, -0.15) is 0 Å². The molecular weight excluding hydrogens is 304 g/mol. The number of nitrogens with zero attached hydrogens (tertiary/aromatic N) is 6. The first-order chi connectivity index (χ1) is 10.2. The van der Waals surface area contributed by atoms with E-state index in [0.29, 0.717) is 0 Å². The Morgan fingerprint density at radius 1 is 1.38 bits per heavy atom. The largest absolute Gasteiger partial charge is 0.229 e. The topological polar surface area (TPSA) is 69.4 Å². The fourth-order valence-corrected chi connectivity index (χ4v) is 4.97. The molecule has 0 amide bonds. The van der Waals surface area contributed by atoms with Crippen LogP contribution in [0.1, 0.15) is 23.8 Å². The van der Waals surface area contributed by atoms with E-state index in [4.69, 9.17) is 0 Å². The van der Waals surface area contributed by atoms with Crippen molar-refractivity contribution in [3.8, 4) is 0 Å². The molecule has 0 N–H and O–H groups in total. The fraction of sp³-hybridized carbons (Fsp3) is 0.462. The third-order valence-corrected chi connectivity index (χ3v) is 6.02. The third kappa shape index (κ3) is 2.22. The summed E-state index contributed by atoms with van der Waals surface area (Å²) < 4.78 is 1.67. The average Bonchev–Trinajstić information content (AvgIpc) is 3.02. The summed E-state index contributed by atoms with van der Waals surface area (Å²) in [6.45, 7) is 2.32. The molecule has 6 nitrogen and oxygen atoms in total. The Kier molecular flexibility index (Phi) is 3.15. The quantitative estimate of drug-likeness (QED) is 0.676. The SMILES string of the molecule is C[C@H]1CCc2c(sc3ncnc(Sc4nnnn4C)c23)C1. The minimum absolute atomic E-state index is 0.749. The van der Waals surface area contributed by atoms with Crippen molar-refractivity contribution in [1.29, 1.82) is 0 Å². The molecule has 21 heavy (non-hydrogen) atoms. The first-order valence-electron chi connectivity index (χ1n) is 6.88. The normalized spacial score (nSPS) is 18.1. The van der Waals surface area contributed by atoms with Crippen LogP contribution in [0.25, 0.3) is 10.2 Å². The van der Waals surface area contributed by atoms with Crippen molar-refractivity contribution in [2.45, 2.75) is 36.4 Å². The number of fused-ring (bicyclic) bond motifs is 3. The second-order valence-electron chi connectivity index (χ2n) is 5.40. The van der Waals surface area contributed by atoms with Crippen LogP contribution in [-0.4, -0.2) is 30.2 Å². The Balaban J connectivity index is 1.84. The average molecular weight is 318 g/mol. The summed E-state index contributed by atoms with van der Waals surface area (Å²) in [5.74, 6) is 0.762. The van der Waals surface area contributed by atoms with Gasteiger partial charge in [0, 0.05) is 17.3 Å². The second kappa shape index (κ2) is 5.03. The van der Waals surface area contributed by atoms with Crippen LogP contribution in [-0.2, 0) is 19.9 Å². The lowest BCUT2D eigenvalue weighted by Gasteiger charge is -2.17. The number of aromatic nitrogens is 6. The van der Waals surface area contributed by atoms with Gasteiger partial charge in [-0.05, 0) is 52.9 Å². The van der Waals surface area contributed by atoms with Crippen molar-refractivity contribution in [2.75, 3.05) is 0 Å². The molecule has 3 aromatic heterocycles. The Hall–Kier alpha value is -1.54. The maximum absolute atomic E-state index is 4.47. The highest BCUT2D eigenvalue weighted by atomic mass is 32.2. The smallest absolute Gasteiger partial charge is 0.215 e. The Bertz CT molecular complexity index is 808. The zero-order valence-corrected chi connectivity index (χ0v) is 13.4. The predicted molar refractivity (Wildman–Crippen MR) is 81.5 cm³/mol. The second-order valence-corrected chi connectivity index (χ2v) is 7.44. The molecule has 0 fully saturated rings. The van der Waals surface area contributed by atoms with Gasteiger partial charge in [-0.1, -0.05) is 6.92 Å². The molecule has 0 aromatic carbocycles. The summed E-state index contributed by atoms with van der Waals surface area (Å²) in [6.07, 6.45) is 5.16. The van der Waals surface area contributed by atoms with Gasteiger partial charge >= 0.3 is 0 Å². The number of rotatable bonds is 2. The molecule has 0 radical (unpaired) electrons. The first-order valence-corrected chi connectivity index (χ1v) is 8.51. The summed E-state index contributed by atoms with van der Waals surface area (Å²) in [4.78, 5) is 11.5. The van der Waals surface area contributed by atoms with E-state index in [1.807, 2.05) is 18.4 Å². The maximum atomic E-state index is 4.47. The van der Waals surface area contributed by atoms with E-state index in [-0.39, 0.29) is 0 Å². The van der Waals surface area contributed by atoms with Crippen LogP contribution in [0.3, 0.4) is 0 Å². The Labute approximate surface area is 130 Å². The van der Waals surface area contributed by atoms with Gasteiger partial charge in [-0.25, -0.2) is 14.6 Å². The summed E-state index contributed by atoms with van der Waals surface area (Å²) in [6, 6.07) is 0. The molecule has 0 bridgehead atoms. The van der Waals surface area contributed by atoms with Crippen LogP contribution < -0.4 is 0 Å². The standard InChI is InChI=1S/C13H14N6S2/c1-7-3-4-8-9(5-7)20-11-10(8)12(15-6-14-11)21-13-16-17-18-19(13)2/h6-7H,3-5H2,1-2H3/t7-/m0/s1. The van der Waals surface area contributed by atoms with Crippen LogP contribution in [0.4, 0.5) is 0 Å². The highest BCUT2D eigenvalue weighted by Gasteiger charge is 2.23. The number of tetrazole rings is 1. The molecule has 3 heterocycles. The molecule has 0 spiro atoms. The number of aryl methyl sites for hydroxylation is 2. The molecule has 0 aliphatic heterocycles. The van der Waals surface area contributed by atoms with Gasteiger partial charge in [0.2, 0.25) is 5.16 Å². The van der Waals surface area contributed by atoms with Gasteiger partial charge in [0.25, 0.3) is 0 Å². The van der Waals surface area contributed by atoms with Crippen molar-refractivity contribution in [2.24, 2.45) is 13.0 Å². The van der Waals surface area contributed by atoms with Crippen LogP contribution in [0, 0.1) is 5.92 Å². The van der Waals surface area contributed by atoms with Crippen LogP contribution in [0.5, 0.6) is 0 Å².